The lowest BCUT2D eigenvalue weighted by Crippen LogP contribution is -2.36. The van der Waals surface area contributed by atoms with Crippen LogP contribution in [0.2, 0.25) is 0 Å². The molecule has 0 aliphatic carbocycles. The van der Waals surface area contributed by atoms with Gasteiger partial charge in [-0.15, -0.1) is 0 Å². The SMILES string of the molecule is COc1cc(C=C2SC(=O)NC2=O)c(N2CC[C@H](NCCCNC(=O)OC(C)(C)C)C2)cc1OC. The lowest BCUT2D eigenvalue weighted by molar-refractivity contribution is -0.115. The van der Waals surface area contributed by atoms with Gasteiger partial charge in [0.15, 0.2) is 11.5 Å². The number of hydrogen-bond donors (Lipinski definition) is 3. The van der Waals surface area contributed by atoms with E-state index in [1.54, 1.807) is 20.3 Å². The zero-order valence-corrected chi connectivity index (χ0v) is 21.7. The Hall–Kier alpha value is -2.92. The summed E-state index contributed by atoms with van der Waals surface area (Å²) in [5.41, 5.74) is 1.17. The Bertz CT molecular complexity index is 991. The minimum absolute atomic E-state index is 0.274. The number of hydrogen-bond acceptors (Lipinski definition) is 9. The highest BCUT2D eigenvalue weighted by Crippen LogP contribution is 2.39. The summed E-state index contributed by atoms with van der Waals surface area (Å²) in [6.07, 6.45) is 3.03. The van der Waals surface area contributed by atoms with Crippen LogP contribution in [0.3, 0.4) is 0 Å². The molecule has 10 nitrogen and oxygen atoms in total. The largest absolute Gasteiger partial charge is 0.493 e. The van der Waals surface area contributed by atoms with E-state index in [-0.39, 0.29) is 11.3 Å². The molecule has 2 heterocycles. The molecule has 0 unspecified atom stereocenters. The molecule has 2 fully saturated rings. The first-order valence-electron chi connectivity index (χ1n) is 11.6. The molecule has 0 bridgehead atoms. The molecule has 192 valence electrons. The van der Waals surface area contributed by atoms with E-state index in [2.05, 4.69) is 20.9 Å². The first kappa shape index (κ1) is 26.7. The van der Waals surface area contributed by atoms with Crippen LogP contribution in [0, 0.1) is 0 Å². The van der Waals surface area contributed by atoms with Crippen molar-refractivity contribution >= 4 is 40.8 Å². The molecule has 1 atom stereocenters. The number of benzene rings is 1. The van der Waals surface area contributed by atoms with E-state index in [1.807, 2.05) is 32.9 Å². The second kappa shape index (κ2) is 11.7. The van der Waals surface area contributed by atoms with Crippen LogP contribution in [0.5, 0.6) is 11.5 Å². The molecule has 0 aromatic heterocycles. The summed E-state index contributed by atoms with van der Waals surface area (Å²) in [5.74, 6) is 0.736. The van der Waals surface area contributed by atoms with Crippen molar-refractivity contribution in [2.24, 2.45) is 0 Å². The summed E-state index contributed by atoms with van der Waals surface area (Å²) in [5, 5.41) is 8.22. The Morgan fingerprint density at radius 3 is 2.54 bits per heavy atom. The second-order valence-corrected chi connectivity index (χ2v) is 10.3. The number of alkyl carbamates (subject to hydrolysis) is 1. The van der Waals surface area contributed by atoms with Gasteiger partial charge in [0.05, 0.1) is 19.1 Å². The van der Waals surface area contributed by atoms with Gasteiger partial charge in [-0.3, -0.25) is 14.9 Å². The van der Waals surface area contributed by atoms with Gasteiger partial charge in [-0.2, -0.15) is 0 Å². The van der Waals surface area contributed by atoms with E-state index in [0.29, 0.717) is 22.9 Å². The Kier molecular flexibility index (Phi) is 8.90. The van der Waals surface area contributed by atoms with Crippen molar-refractivity contribution in [2.75, 3.05) is 45.3 Å². The van der Waals surface area contributed by atoms with Crippen molar-refractivity contribution in [3.63, 3.8) is 0 Å². The second-order valence-electron chi connectivity index (χ2n) is 9.29. The number of carbonyl (C=O) groups is 3. The van der Waals surface area contributed by atoms with Crippen LogP contribution in [-0.4, -0.2) is 69.3 Å². The molecule has 3 N–H and O–H groups in total. The Labute approximate surface area is 210 Å². The van der Waals surface area contributed by atoms with Crippen LogP contribution in [0.25, 0.3) is 6.08 Å². The first-order chi connectivity index (χ1) is 16.6. The lowest BCUT2D eigenvalue weighted by atomic mass is 10.1. The van der Waals surface area contributed by atoms with E-state index in [4.69, 9.17) is 14.2 Å². The molecule has 0 saturated carbocycles. The van der Waals surface area contributed by atoms with E-state index < -0.39 is 17.6 Å². The molecule has 3 rings (SSSR count). The number of carbonyl (C=O) groups excluding carboxylic acids is 3. The number of methoxy groups -OCH3 is 2. The maximum Gasteiger partial charge on any atom is 0.407 e. The normalized spacial score (nSPS) is 19.2. The third kappa shape index (κ3) is 7.53. The third-order valence-electron chi connectivity index (χ3n) is 5.45. The molecule has 3 amide bonds. The number of rotatable bonds is 9. The van der Waals surface area contributed by atoms with Crippen molar-refractivity contribution in [1.82, 2.24) is 16.0 Å². The average Bonchev–Trinajstić information content (AvgIpc) is 3.37. The van der Waals surface area contributed by atoms with Gasteiger partial charge in [-0.05, 0) is 64.1 Å². The Morgan fingerprint density at radius 2 is 1.91 bits per heavy atom. The number of nitrogens with zero attached hydrogens (tertiary/aromatic N) is 1. The first-order valence-corrected chi connectivity index (χ1v) is 12.4. The molecule has 2 aliphatic rings. The van der Waals surface area contributed by atoms with Crippen molar-refractivity contribution < 1.29 is 28.6 Å². The van der Waals surface area contributed by atoms with Crippen LogP contribution in [-0.2, 0) is 9.53 Å². The monoisotopic (exact) mass is 506 g/mol. The van der Waals surface area contributed by atoms with Crippen LogP contribution >= 0.6 is 11.8 Å². The highest BCUT2D eigenvalue weighted by atomic mass is 32.2. The van der Waals surface area contributed by atoms with Crippen molar-refractivity contribution in [3.8, 4) is 11.5 Å². The van der Waals surface area contributed by atoms with Crippen molar-refractivity contribution in [1.29, 1.82) is 0 Å². The molecule has 11 heteroatoms. The predicted octanol–water partition coefficient (Wildman–Crippen LogP) is 3.11. The van der Waals surface area contributed by atoms with Gasteiger partial charge in [-0.25, -0.2) is 4.79 Å². The van der Waals surface area contributed by atoms with Gasteiger partial charge in [0, 0.05) is 43.0 Å². The maximum atomic E-state index is 12.1. The highest BCUT2D eigenvalue weighted by molar-refractivity contribution is 8.18. The van der Waals surface area contributed by atoms with E-state index in [1.165, 1.54) is 0 Å². The number of anilines is 1. The van der Waals surface area contributed by atoms with Gasteiger partial charge in [0.25, 0.3) is 11.1 Å². The minimum Gasteiger partial charge on any atom is -0.493 e. The molecular formula is C24H34N4O6S. The van der Waals surface area contributed by atoms with Gasteiger partial charge >= 0.3 is 6.09 Å². The number of imide groups is 1. The highest BCUT2D eigenvalue weighted by Gasteiger charge is 2.28. The molecule has 0 spiro atoms. The van der Waals surface area contributed by atoms with Gasteiger partial charge < -0.3 is 29.7 Å². The van der Waals surface area contributed by atoms with Crippen molar-refractivity contribution in [3.05, 3.63) is 22.6 Å². The standard InChI is InChI=1S/C24H34N4O6S/c1-24(2,3)34-22(30)26-9-6-8-25-16-7-10-28(14-16)17-13-19(33-5)18(32-4)11-15(17)12-20-21(29)27-23(31)35-20/h11-13,16,25H,6-10,14H2,1-5H3,(H,26,30)(H,27,29,31)/t16-/m0/s1. The number of amides is 3. The minimum atomic E-state index is -0.510. The number of thioether (sulfide) groups is 1. The van der Waals surface area contributed by atoms with Crippen LogP contribution in [0.4, 0.5) is 15.3 Å². The molecular weight excluding hydrogens is 472 g/mol. The lowest BCUT2D eigenvalue weighted by Gasteiger charge is -2.23. The van der Waals surface area contributed by atoms with Crippen molar-refractivity contribution in [2.45, 2.75) is 45.3 Å². The van der Waals surface area contributed by atoms with Crippen LogP contribution < -0.4 is 30.3 Å². The summed E-state index contributed by atoms with van der Waals surface area (Å²) in [6.45, 7) is 8.38. The number of nitrogens with one attached hydrogen (secondary N) is 3. The summed E-state index contributed by atoms with van der Waals surface area (Å²) in [6, 6.07) is 3.99. The average molecular weight is 507 g/mol. The predicted molar refractivity (Wildman–Crippen MR) is 136 cm³/mol. The molecule has 1 aromatic rings. The summed E-state index contributed by atoms with van der Waals surface area (Å²) in [4.78, 5) is 38.0. The molecule has 2 aliphatic heterocycles. The Balaban J connectivity index is 1.61. The number of ether oxygens (including phenoxy) is 3. The quantitative estimate of drug-likeness (QED) is 0.343. The third-order valence-corrected chi connectivity index (χ3v) is 6.26. The van der Waals surface area contributed by atoms with E-state index >= 15 is 0 Å². The smallest absolute Gasteiger partial charge is 0.407 e. The Morgan fingerprint density at radius 1 is 1.20 bits per heavy atom. The molecule has 2 saturated heterocycles. The summed E-state index contributed by atoms with van der Waals surface area (Å²) in [7, 11) is 3.14. The topological polar surface area (TPSA) is 118 Å². The summed E-state index contributed by atoms with van der Waals surface area (Å²) < 4.78 is 16.2. The zero-order valence-electron chi connectivity index (χ0n) is 20.9. The van der Waals surface area contributed by atoms with Crippen LogP contribution in [0.15, 0.2) is 17.0 Å². The fourth-order valence-corrected chi connectivity index (χ4v) is 4.55. The van der Waals surface area contributed by atoms with E-state index in [0.717, 1.165) is 55.5 Å². The molecule has 35 heavy (non-hydrogen) atoms. The molecule has 1 aromatic carbocycles. The van der Waals surface area contributed by atoms with Gasteiger partial charge in [0.2, 0.25) is 0 Å². The molecule has 0 radical (unpaired) electrons. The maximum absolute atomic E-state index is 12.1. The summed E-state index contributed by atoms with van der Waals surface area (Å²) >= 11 is 0.884. The fourth-order valence-electron chi connectivity index (χ4n) is 3.88. The van der Waals surface area contributed by atoms with E-state index in [9.17, 15) is 14.4 Å². The fraction of sp³-hybridized carbons (Fsp3) is 0.542. The zero-order chi connectivity index (χ0) is 25.6. The van der Waals surface area contributed by atoms with Crippen LogP contribution in [0.1, 0.15) is 39.2 Å². The van der Waals surface area contributed by atoms with Gasteiger partial charge in [0.1, 0.15) is 5.60 Å². The van der Waals surface area contributed by atoms with Gasteiger partial charge in [-0.1, -0.05) is 0 Å².